The summed E-state index contributed by atoms with van der Waals surface area (Å²) in [6.45, 7) is 4.06. The molecule has 9 heteroatoms. The molecule has 3 aromatic carbocycles. The van der Waals surface area contributed by atoms with E-state index in [9.17, 15) is 4.79 Å². The number of nitrogens with zero attached hydrogens (tertiary/aromatic N) is 5. The van der Waals surface area contributed by atoms with Gasteiger partial charge in [0.25, 0.3) is 5.56 Å². The fourth-order valence-electron chi connectivity index (χ4n) is 4.81. The smallest absolute Gasteiger partial charge is 0.253 e. The summed E-state index contributed by atoms with van der Waals surface area (Å²) in [5, 5.41) is 13.6. The number of tetrazole rings is 1. The van der Waals surface area contributed by atoms with E-state index in [4.69, 9.17) is 9.47 Å². The van der Waals surface area contributed by atoms with Gasteiger partial charge in [-0.2, -0.15) is 0 Å². The molecule has 39 heavy (non-hydrogen) atoms. The zero-order valence-electron chi connectivity index (χ0n) is 22.4. The Morgan fingerprint density at radius 3 is 2.41 bits per heavy atom. The number of ether oxygens (including phenoxy) is 2. The molecule has 0 aliphatic carbocycles. The zero-order chi connectivity index (χ0) is 27.2. The van der Waals surface area contributed by atoms with E-state index >= 15 is 0 Å². The average Bonchev–Trinajstić information content (AvgIpc) is 3.41. The predicted molar refractivity (Wildman–Crippen MR) is 150 cm³/mol. The van der Waals surface area contributed by atoms with Crippen molar-refractivity contribution in [1.82, 2.24) is 30.1 Å². The molecule has 0 bridgehead atoms. The molecule has 0 aliphatic rings. The Labute approximate surface area is 227 Å². The summed E-state index contributed by atoms with van der Waals surface area (Å²) in [7, 11) is 3.30. The van der Waals surface area contributed by atoms with Gasteiger partial charge in [0.15, 0.2) is 5.82 Å². The van der Waals surface area contributed by atoms with Gasteiger partial charge in [0.1, 0.15) is 11.8 Å². The van der Waals surface area contributed by atoms with Gasteiger partial charge < -0.3 is 14.5 Å². The van der Waals surface area contributed by atoms with Crippen molar-refractivity contribution in [2.75, 3.05) is 20.8 Å². The molecule has 0 unspecified atom stereocenters. The number of pyridine rings is 1. The molecule has 2 heterocycles. The standard InChI is InChI=1S/C30H32N6O3/c1-21-9-14-27-24(17-21)18-26(30(37)31-27)28(29-32-33-34-36(29)15-16-38-2)35(19-22-7-5-4-6-8-22)20-23-10-12-25(39-3)13-11-23/h4-14,17-18,28H,15-16,19-20H2,1-3H3,(H,31,37)/t28-/m0/s1. The molecule has 2 aromatic heterocycles. The van der Waals surface area contributed by atoms with Crippen LogP contribution in [0.5, 0.6) is 5.75 Å². The van der Waals surface area contributed by atoms with Crippen molar-refractivity contribution < 1.29 is 9.47 Å². The lowest BCUT2D eigenvalue weighted by Crippen LogP contribution is -2.35. The summed E-state index contributed by atoms with van der Waals surface area (Å²) < 4.78 is 12.4. The van der Waals surface area contributed by atoms with Crippen LogP contribution in [-0.2, 0) is 24.4 Å². The molecule has 1 atom stereocenters. The fraction of sp³-hybridized carbons (Fsp3) is 0.267. The topological polar surface area (TPSA) is 98.2 Å². The number of fused-ring (bicyclic) bond motifs is 1. The number of benzene rings is 3. The lowest BCUT2D eigenvalue weighted by atomic mass is 10.0. The highest BCUT2D eigenvalue weighted by atomic mass is 16.5. The summed E-state index contributed by atoms with van der Waals surface area (Å²) in [5.74, 6) is 1.36. The number of aryl methyl sites for hydroxylation is 1. The number of H-pyrrole nitrogens is 1. The van der Waals surface area contributed by atoms with E-state index < -0.39 is 6.04 Å². The third kappa shape index (κ3) is 6.05. The number of nitrogens with one attached hydrogen (secondary N) is 1. The number of aromatic nitrogens is 5. The Kier molecular flexibility index (Phi) is 8.10. The van der Waals surface area contributed by atoms with Crippen LogP contribution in [0.25, 0.3) is 10.9 Å². The van der Waals surface area contributed by atoms with E-state index in [0.717, 1.165) is 33.3 Å². The number of hydrogen-bond donors (Lipinski definition) is 1. The minimum atomic E-state index is -0.534. The summed E-state index contributed by atoms with van der Waals surface area (Å²) in [4.78, 5) is 19.0. The van der Waals surface area contributed by atoms with Gasteiger partial charge in [-0.15, -0.1) is 5.10 Å². The number of methoxy groups -OCH3 is 2. The van der Waals surface area contributed by atoms with Gasteiger partial charge in [-0.1, -0.05) is 54.1 Å². The maximum Gasteiger partial charge on any atom is 0.253 e. The van der Waals surface area contributed by atoms with Gasteiger partial charge in [0.2, 0.25) is 0 Å². The van der Waals surface area contributed by atoms with E-state index in [2.05, 4.69) is 43.6 Å². The van der Waals surface area contributed by atoms with E-state index in [0.29, 0.717) is 37.6 Å². The van der Waals surface area contributed by atoms with Crippen LogP contribution in [0.4, 0.5) is 0 Å². The van der Waals surface area contributed by atoms with E-state index in [1.165, 1.54) is 0 Å². The summed E-state index contributed by atoms with van der Waals surface area (Å²) in [6.07, 6.45) is 0. The van der Waals surface area contributed by atoms with Crippen molar-refractivity contribution in [3.05, 3.63) is 117 Å². The van der Waals surface area contributed by atoms with Crippen LogP contribution >= 0.6 is 0 Å². The van der Waals surface area contributed by atoms with Gasteiger partial charge >= 0.3 is 0 Å². The number of hydrogen-bond acceptors (Lipinski definition) is 7. The highest BCUT2D eigenvalue weighted by Gasteiger charge is 2.31. The molecule has 0 saturated carbocycles. The van der Waals surface area contributed by atoms with Gasteiger partial charge in [-0.25, -0.2) is 4.68 Å². The first-order valence-corrected chi connectivity index (χ1v) is 12.8. The summed E-state index contributed by atoms with van der Waals surface area (Å²) in [6, 6.07) is 25.6. The number of aromatic amines is 1. The second-order valence-corrected chi connectivity index (χ2v) is 9.54. The maximum atomic E-state index is 13.7. The number of rotatable bonds is 11. The van der Waals surface area contributed by atoms with Crippen LogP contribution < -0.4 is 10.3 Å². The molecule has 5 rings (SSSR count). The first-order chi connectivity index (χ1) is 19.1. The molecule has 0 saturated heterocycles. The van der Waals surface area contributed by atoms with Crippen LogP contribution in [0.2, 0.25) is 0 Å². The zero-order valence-corrected chi connectivity index (χ0v) is 22.4. The molecule has 0 amide bonds. The molecule has 0 aliphatic heterocycles. The van der Waals surface area contributed by atoms with Crippen LogP contribution in [0.3, 0.4) is 0 Å². The van der Waals surface area contributed by atoms with Crippen molar-refractivity contribution in [3.63, 3.8) is 0 Å². The fourth-order valence-corrected chi connectivity index (χ4v) is 4.81. The minimum Gasteiger partial charge on any atom is -0.497 e. The highest BCUT2D eigenvalue weighted by molar-refractivity contribution is 5.79. The van der Waals surface area contributed by atoms with E-state index in [-0.39, 0.29) is 5.56 Å². The second-order valence-electron chi connectivity index (χ2n) is 9.54. The Morgan fingerprint density at radius 2 is 1.69 bits per heavy atom. The Morgan fingerprint density at radius 1 is 0.949 bits per heavy atom. The van der Waals surface area contributed by atoms with Crippen LogP contribution in [0.1, 0.15) is 34.1 Å². The first-order valence-electron chi connectivity index (χ1n) is 12.8. The van der Waals surface area contributed by atoms with Crippen molar-refractivity contribution in [3.8, 4) is 5.75 Å². The Balaban J connectivity index is 1.67. The lowest BCUT2D eigenvalue weighted by Gasteiger charge is -2.31. The average molecular weight is 525 g/mol. The van der Waals surface area contributed by atoms with Crippen molar-refractivity contribution in [1.29, 1.82) is 0 Å². The maximum absolute atomic E-state index is 13.7. The van der Waals surface area contributed by atoms with Gasteiger partial charge in [0.05, 0.1) is 20.3 Å². The predicted octanol–water partition coefficient (Wildman–Crippen LogP) is 4.27. The highest BCUT2D eigenvalue weighted by Crippen LogP contribution is 2.30. The van der Waals surface area contributed by atoms with Crippen molar-refractivity contribution in [2.24, 2.45) is 0 Å². The molecular weight excluding hydrogens is 492 g/mol. The van der Waals surface area contributed by atoms with Gasteiger partial charge in [-0.3, -0.25) is 9.69 Å². The quantitative estimate of drug-likeness (QED) is 0.276. The minimum absolute atomic E-state index is 0.176. The third-order valence-corrected chi connectivity index (χ3v) is 6.77. The normalized spacial score (nSPS) is 12.2. The van der Waals surface area contributed by atoms with Crippen molar-refractivity contribution in [2.45, 2.75) is 32.6 Å². The van der Waals surface area contributed by atoms with Gasteiger partial charge in [-0.05, 0) is 64.2 Å². The Bertz CT molecular complexity index is 1580. The van der Waals surface area contributed by atoms with Crippen molar-refractivity contribution >= 4 is 10.9 Å². The molecule has 1 N–H and O–H groups in total. The second kappa shape index (κ2) is 12.0. The van der Waals surface area contributed by atoms with Crippen LogP contribution in [-0.4, -0.2) is 50.9 Å². The molecular formula is C30H32N6O3. The third-order valence-electron chi connectivity index (χ3n) is 6.77. The molecule has 0 fully saturated rings. The first kappa shape index (κ1) is 26.3. The molecule has 0 spiro atoms. The molecule has 9 nitrogen and oxygen atoms in total. The summed E-state index contributed by atoms with van der Waals surface area (Å²) in [5.41, 5.74) is 4.48. The molecule has 200 valence electrons. The lowest BCUT2D eigenvalue weighted by molar-refractivity contribution is 0.169. The van der Waals surface area contributed by atoms with Crippen LogP contribution in [0.15, 0.2) is 83.7 Å². The van der Waals surface area contributed by atoms with Crippen LogP contribution in [0, 0.1) is 6.92 Å². The van der Waals surface area contributed by atoms with E-state index in [1.807, 2.05) is 67.6 Å². The SMILES string of the molecule is COCCn1nnnc1[C@H](c1cc2cc(C)ccc2[nH]c1=O)N(Cc1ccccc1)Cc1ccc(OC)cc1. The van der Waals surface area contributed by atoms with E-state index in [1.54, 1.807) is 18.9 Å². The molecule has 0 radical (unpaired) electrons. The monoisotopic (exact) mass is 524 g/mol. The molecule has 5 aromatic rings. The largest absolute Gasteiger partial charge is 0.497 e. The van der Waals surface area contributed by atoms with Gasteiger partial charge in [0, 0.05) is 31.3 Å². The summed E-state index contributed by atoms with van der Waals surface area (Å²) >= 11 is 0. The Hall–Kier alpha value is -4.34.